The molecule has 0 aromatic heterocycles. The van der Waals surface area contributed by atoms with Gasteiger partial charge in [0.25, 0.3) is 5.91 Å². The number of nitrogens with zero attached hydrogens (tertiary/aromatic N) is 2. The molecule has 29 heavy (non-hydrogen) atoms. The zero-order valence-electron chi connectivity index (χ0n) is 17.0. The lowest BCUT2D eigenvalue weighted by Crippen LogP contribution is -2.51. The van der Waals surface area contributed by atoms with Crippen molar-refractivity contribution in [2.45, 2.75) is 44.5 Å². The fourth-order valence-electron chi connectivity index (χ4n) is 3.86. The van der Waals surface area contributed by atoms with E-state index in [1.54, 1.807) is 34.9 Å². The van der Waals surface area contributed by atoms with Gasteiger partial charge in [-0.15, -0.1) is 11.8 Å². The summed E-state index contributed by atoms with van der Waals surface area (Å²) in [7, 11) is 0. The van der Waals surface area contributed by atoms with Gasteiger partial charge in [0.1, 0.15) is 6.04 Å². The van der Waals surface area contributed by atoms with Gasteiger partial charge in [0, 0.05) is 24.4 Å². The second-order valence-corrected chi connectivity index (χ2v) is 10.1. The van der Waals surface area contributed by atoms with Crippen LogP contribution in [0.1, 0.15) is 43.5 Å². The van der Waals surface area contributed by atoms with E-state index in [2.05, 4.69) is 24.1 Å². The average Bonchev–Trinajstić information content (AvgIpc) is 3.33. The Bertz CT molecular complexity index is 741. The Morgan fingerprint density at radius 1 is 1.21 bits per heavy atom. The Balaban J connectivity index is 1.71. The molecule has 160 valence electrons. The summed E-state index contributed by atoms with van der Waals surface area (Å²) in [5.41, 5.74) is 0.463. The van der Waals surface area contributed by atoms with Gasteiger partial charge in [0.15, 0.2) is 0 Å². The molecule has 0 bridgehead atoms. The van der Waals surface area contributed by atoms with Gasteiger partial charge in [-0.25, -0.2) is 0 Å². The van der Waals surface area contributed by atoms with Crippen LogP contribution in [0.15, 0.2) is 18.2 Å². The molecule has 2 aliphatic heterocycles. The van der Waals surface area contributed by atoms with Gasteiger partial charge in [-0.3, -0.25) is 9.59 Å². The molecule has 2 fully saturated rings. The predicted octanol–water partition coefficient (Wildman–Crippen LogP) is 4.14. The molecule has 1 aromatic carbocycles. The topological polar surface area (TPSA) is 52.7 Å². The fourth-order valence-corrected chi connectivity index (χ4v) is 5.80. The first-order valence-electron chi connectivity index (χ1n) is 10.3. The van der Waals surface area contributed by atoms with E-state index in [0.29, 0.717) is 33.8 Å². The van der Waals surface area contributed by atoms with Gasteiger partial charge in [-0.05, 0) is 56.5 Å². The molecule has 1 N–H and O–H groups in total. The molecule has 2 saturated heterocycles. The summed E-state index contributed by atoms with van der Waals surface area (Å²) < 4.78 is 0. The molecule has 3 rings (SSSR count). The molecule has 5 nitrogen and oxygen atoms in total. The number of nitrogens with one attached hydrogen (secondary N) is 1. The highest BCUT2D eigenvalue weighted by Gasteiger charge is 2.42. The van der Waals surface area contributed by atoms with Crippen molar-refractivity contribution in [1.29, 1.82) is 0 Å². The maximum atomic E-state index is 13.3. The number of hydrogen-bond donors (Lipinski definition) is 1. The zero-order valence-corrected chi connectivity index (χ0v) is 19.3. The van der Waals surface area contributed by atoms with Crippen LogP contribution in [0, 0.1) is 5.92 Å². The minimum absolute atomic E-state index is 0.0220. The van der Waals surface area contributed by atoms with Crippen LogP contribution >= 0.6 is 35.0 Å². The number of likely N-dealkylation sites (tertiary alicyclic amines) is 1. The number of hydrogen-bond acceptors (Lipinski definition) is 4. The largest absolute Gasteiger partial charge is 0.353 e. The molecule has 2 amide bonds. The van der Waals surface area contributed by atoms with E-state index in [1.165, 1.54) is 12.8 Å². The van der Waals surface area contributed by atoms with Gasteiger partial charge < -0.3 is 15.1 Å². The van der Waals surface area contributed by atoms with Crippen molar-refractivity contribution in [3.63, 3.8) is 0 Å². The molecule has 2 aliphatic rings. The summed E-state index contributed by atoms with van der Waals surface area (Å²) in [5, 5.41) is 3.78. The van der Waals surface area contributed by atoms with E-state index in [0.717, 1.165) is 26.1 Å². The lowest BCUT2D eigenvalue weighted by Gasteiger charge is -2.30. The molecule has 0 spiro atoms. The number of rotatable bonds is 7. The van der Waals surface area contributed by atoms with Gasteiger partial charge in [-0.1, -0.05) is 37.0 Å². The lowest BCUT2D eigenvalue weighted by atomic mass is 10.1. The molecule has 2 heterocycles. The van der Waals surface area contributed by atoms with E-state index < -0.39 is 6.04 Å². The number of halogens is 2. The third kappa shape index (κ3) is 5.81. The summed E-state index contributed by atoms with van der Waals surface area (Å²) in [6.07, 6.45) is 3.31. The first kappa shape index (κ1) is 22.7. The van der Waals surface area contributed by atoms with E-state index in [9.17, 15) is 9.59 Å². The first-order valence-corrected chi connectivity index (χ1v) is 12.1. The average molecular weight is 458 g/mol. The van der Waals surface area contributed by atoms with Crippen LogP contribution in [0.3, 0.4) is 0 Å². The highest BCUT2D eigenvalue weighted by atomic mass is 35.5. The Labute approximate surface area is 187 Å². The van der Waals surface area contributed by atoms with Crippen molar-refractivity contribution in [3.05, 3.63) is 33.8 Å². The maximum absolute atomic E-state index is 13.3. The van der Waals surface area contributed by atoms with E-state index in [4.69, 9.17) is 23.2 Å². The maximum Gasteiger partial charge on any atom is 0.255 e. The number of carbonyl (C=O) groups is 2. The molecular formula is C21H29Cl2N3O2S. The standard InChI is InChI=1S/C21H29Cl2N3O2S/c1-14(2)11-19-26(21(28)15-5-6-16(22)17(23)12-15)18(13-29-19)20(27)24-7-10-25-8-3-4-9-25/h5-6,12,14,18-19H,3-4,7-11,13H2,1-2H3,(H,24,27). The first-order chi connectivity index (χ1) is 13.9. The van der Waals surface area contributed by atoms with Crippen molar-refractivity contribution in [2.75, 3.05) is 31.9 Å². The van der Waals surface area contributed by atoms with E-state index >= 15 is 0 Å². The second kappa shape index (κ2) is 10.4. The minimum atomic E-state index is -0.468. The van der Waals surface area contributed by atoms with Gasteiger partial charge >= 0.3 is 0 Å². The summed E-state index contributed by atoms with van der Waals surface area (Å²) in [6, 6.07) is 4.42. The highest BCUT2D eigenvalue weighted by Crippen LogP contribution is 2.35. The molecule has 8 heteroatoms. The number of amides is 2. The number of benzene rings is 1. The third-order valence-electron chi connectivity index (χ3n) is 5.40. The van der Waals surface area contributed by atoms with Crippen LogP contribution in [-0.2, 0) is 4.79 Å². The molecular weight excluding hydrogens is 429 g/mol. The van der Waals surface area contributed by atoms with Gasteiger partial charge in [0.05, 0.1) is 15.4 Å². The van der Waals surface area contributed by atoms with Crippen LogP contribution in [0.4, 0.5) is 0 Å². The molecule has 1 aromatic rings. The van der Waals surface area contributed by atoms with E-state index in [-0.39, 0.29) is 17.2 Å². The quantitative estimate of drug-likeness (QED) is 0.668. The molecule has 0 aliphatic carbocycles. The smallest absolute Gasteiger partial charge is 0.255 e. The Morgan fingerprint density at radius 2 is 1.93 bits per heavy atom. The van der Waals surface area contributed by atoms with Crippen LogP contribution in [0.2, 0.25) is 10.0 Å². The minimum Gasteiger partial charge on any atom is -0.353 e. The Hall–Kier alpha value is -0.950. The highest BCUT2D eigenvalue weighted by molar-refractivity contribution is 8.00. The Morgan fingerprint density at radius 3 is 2.59 bits per heavy atom. The van der Waals surface area contributed by atoms with Crippen LogP contribution in [0.25, 0.3) is 0 Å². The monoisotopic (exact) mass is 457 g/mol. The molecule has 0 saturated carbocycles. The normalized spacial score (nSPS) is 22.4. The molecule has 0 radical (unpaired) electrons. The summed E-state index contributed by atoms with van der Waals surface area (Å²) >= 11 is 13.8. The Kier molecular flexibility index (Phi) is 8.14. The summed E-state index contributed by atoms with van der Waals surface area (Å²) in [5.74, 6) is 0.795. The molecule has 2 unspecified atom stereocenters. The van der Waals surface area contributed by atoms with E-state index in [1.807, 2.05) is 0 Å². The zero-order chi connectivity index (χ0) is 21.0. The van der Waals surface area contributed by atoms with Gasteiger partial charge in [-0.2, -0.15) is 0 Å². The van der Waals surface area contributed by atoms with Crippen molar-refractivity contribution >= 4 is 46.8 Å². The summed E-state index contributed by atoms with van der Waals surface area (Å²) in [6.45, 7) is 7.95. The second-order valence-electron chi connectivity index (χ2n) is 8.11. The SMILES string of the molecule is CC(C)CC1SCC(C(=O)NCCN2CCCC2)N1C(=O)c1ccc(Cl)c(Cl)c1. The van der Waals surface area contributed by atoms with Crippen LogP contribution in [-0.4, -0.2) is 65.0 Å². The van der Waals surface area contributed by atoms with Crippen molar-refractivity contribution in [3.8, 4) is 0 Å². The van der Waals surface area contributed by atoms with Crippen LogP contribution in [0.5, 0.6) is 0 Å². The predicted molar refractivity (Wildman–Crippen MR) is 121 cm³/mol. The lowest BCUT2D eigenvalue weighted by molar-refractivity contribution is -0.124. The van der Waals surface area contributed by atoms with Crippen LogP contribution < -0.4 is 5.32 Å². The fraction of sp³-hybridized carbons (Fsp3) is 0.619. The number of carbonyl (C=O) groups excluding carboxylic acids is 2. The van der Waals surface area contributed by atoms with Crippen molar-refractivity contribution < 1.29 is 9.59 Å². The summed E-state index contributed by atoms with van der Waals surface area (Å²) in [4.78, 5) is 30.4. The molecule has 2 atom stereocenters. The van der Waals surface area contributed by atoms with Crippen molar-refractivity contribution in [2.24, 2.45) is 5.92 Å². The number of thioether (sulfide) groups is 1. The third-order valence-corrected chi connectivity index (χ3v) is 7.45. The van der Waals surface area contributed by atoms with Crippen molar-refractivity contribution in [1.82, 2.24) is 15.1 Å². The van der Waals surface area contributed by atoms with Gasteiger partial charge in [0.2, 0.25) is 5.91 Å².